The molecule has 21 heavy (non-hydrogen) atoms. The van der Waals surface area contributed by atoms with E-state index in [0.717, 1.165) is 11.3 Å². The number of carbonyl (C=O) groups excluding carboxylic acids is 1. The number of para-hydroxylation sites is 1. The highest BCUT2D eigenvalue weighted by Crippen LogP contribution is 2.35. The fourth-order valence-electron chi connectivity index (χ4n) is 3.03. The summed E-state index contributed by atoms with van der Waals surface area (Å²) in [7, 11) is 0. The number of fused-ring (bicyclic) bond motifs is 1. The number of amides is 1. The average Bonchev–Trinajstić information content (AvgIpc) is 2.54. The molecular formula is C16H21NO4. The van der Waals surface area contributed by atoms with E-state index in [1.807, 2.05) is 36.1 Å². The lowest BCUT2D eigenvalue weighted by Crippen LogP contribution is -2.53. The topological polar surface area (TPSA) is 59.0 Å². The van der Waals surface area contributed by atoms with Gasteiger partial charge in [0.05, 0.1) is 37.9 Å². The first-order valence-electron chi connectivity index (χ1n) is 7.45. The molecule has 3 unspecified atom stereocenters. The van der Waals surface area contributed by atoms with Gasteiger partial charge in [0.2, 0.25) is 5.91 Å². The van der Waals surface area contributed by atoms with Crippen molar-refractivity contribution in [2.45, 2.75) is 31.4 Å². The quantitative estimate of drug-likeness (QED) is 0.888. The predicted molar refractivity (Wildman–Crippen MR) is 77.3 cm³/mol. The second-order valence-electron chi connectivity index (χ2n) is 5.71. The van der Waals surface area contributed by atoms with Crippen LogP contribution in [0.2, 0.25) is 0 Å². The number of hydrogen-bond acceptors (Lipinski definition) is 4. The molecule has 5 heteroatoms. The van der Waals surface area contributed by atoms with Crippen molar-refractivity contribution in [1.82, 2.24) is 4.90 Å². The highest BCUT2D eigenvalue weighted by molar-refractivity contribution is 5.85. The summed E-state index contributed by atoms with van der Waals surface area (Å²) in [6.45, 7) is 3.42. The lowest BCUT2D eigenvalue weighted by atomic mass is 9.91. The van der Waals surface area contributed by atoms with Gasteiger partial charge in [-0.25, -0.2) is 0 Å². The molecule has 0 aliphatic carbocycles. The first-order valence-corrected chi connectivity index (χ1v) is 7.45. The number of nitrogens with zero attached hydrogens (tertiary/aromatic N) is 1. The van der Waals surface area contributed by atoms with Crippen LogP contribution in [0.3, 0.4) is 0 Å². The van der Waals surface area contributed by atoms with Crippen molar-refractivity contribution in [2.75, 3.05) is 26.4 Å². The maximum absolute atomic E-state index is 12.9. The summed E-state index contributed by atoms with van der Waals surface area (Å²) in [5.74, 6) is 0.761. The number of hydrogen-bond donors (Lipinski definition) is 1. The maximum atomic E-state index is 12.9. The number of morpholine rings is 1. The molecule has 0 spiro atoms. The molecule has 1 amide bonds. The van der Waals surface area contributed by atoms with E-state index in [4.69, 9.17) is 9.47 Å². The minimum Gasteiger partial charge on any atom is -0.493 e. The Labute approximate surface area is 124 Å². The molecule has 3 atom stereocenters. The molecule has 1 fully saturated rings. The lowest BCUT2D eigenvalue weighted by molar-refractivity contribution is -0.148. The van der Waals surface area contributed by atoms with E-state index >= 15 is 0 Å². The van der Waals surface area contributed by atoms with Crippen molar-refractivity contribution in [3.63, 3.8) is 0 Å². The minimum atomic E-state index is -0.278. The van der Waals surface area contributed by atoms with Gasteiger partial charge in [-0.3, -0.25) is 4.79 Å². The molecule has 1 N–H and O–H groups in total. The van der Waals surface area contributed by atoms with Crippen molar-refractivity contribution in [3.8, 4) is 5.75 Å². The van der Waals surface area contributed by atoms with Crippen molar-refractivity contribution in [1.29, 1.82) is 0 Å². The Hall–Kier alpha value is -1.59. The van der Waals surface area contributed by atoms with Crippen molar-refractivity contribution in [2.24, 2.45) is 0 Å². The molecule has 114 valence electrons. The summed E-state index contributed by atoms with van der Waals surface area (Å²) in [6.07, 6.45) is 0.421. The molecule has 2 aliphatic rings. The van der Waals surface area contributed by atoms with Gasteiger partial charge in [-0.2, -0.15) is 0 Å². The van der Waals surface area contributed by atoms with Gasteiger partial charge in [0.1, 0.15) is 5.75 Å². The van der Waals surface area contributed by atoms with Crippen LogP contribution >= 0.6 is 0 Å². The van der Waals surface area contributed by atoms with Crippen LogP contribution in [0.15, 0.2) is 24.3 Å². The minimum absolute atomic E-state index is 0.0373. The zero-order chi connectivity index (χ0) is 14.8. The third kappa shape index (κ3) is 2.76. The largest absolute Gasteiger partial charge is 0.493 e. The van der Waals surface area contributed by atoms with Crippen LogP contribution in [-0.2, 0) is 9.53 Å². The second-order valence-corrected chi connectivity index (χ2v) is 5.71. The summed E-state index contributed by atoms with van der Waals surface area (Å²) < 4.78 is 11.1. The van der Waals surface area contributed by atoms with Gasteiger partial charge >= 0.3 is 0 Å². The Morgan fingerprint density at radius 3 is 3.05 bits per heavy atom. The van der Waals surface area contributed by atoms with Crippen molar-refractivity contribution < 1.29 is 19.4 Å². The van der Waals surface area contributed by atoms with E-state index in [0.29, 0.717) is 26.2 Å². The fraction of sp³-hybridized carbons (Fsp3) is 0.562. The molecule has 0 saturated carbocycles. The van der Waals surface area contributed by atoms with Crippen LogP contribution in [-0.4, -0.2) is 54.4 Å². The normalized spacial score (nSPS) is 28.7. The smallest absolute Gasteiger partial charge is 0.230 e. The number of aliphatic hydroxyl groups is 1. The Kier molecular flexibility index (Phi) is 4.12. The zero-order valence-corrected chi connectivity index (χ0v) is 12.2. The summed E-state index contributed by atoms with van der Waals surface area (Å²) in [5, 5.41) is 9.26. The summed E-state index contributed by atoms with van der Waals surface area (Å²) in [5.41, 5.74) is 0.966. The van der Waals surface area contributed by atoms with Crippen molar-refractivity contribution in [3.05, 3.63) is 29.8 Å². The van der Waals surface area contributed by atoms with Crippen molar-refractivity contribution >= 4 is 5.91 Å². The van der Waals surface area contributed by atoms with Gasteiger partial charge in [-0.1, -0.05) is 18.2 Å². The zero-order valence-electron chi connectivity index (χ0n) is 12.2. The van der Waals surface area contributed by atoms with Crippen LogP contribution in [0, 0.1) is 0 Å². The summed E-state index contributed by atoms with van der Waals surface area (Å²) in [4.78, 5) is 14.8. The van der Waals surface area contributed by atoms with Gasteiger partial charge in [-0.15, -0.1) is 0 Å². The third-order valence-electron chi connectivity index (χ3n) is 4.25. The van der Waals surface area contributed by atoms with Gasteiger partial charge < -0.3 is 19.5 Å². The van der Waals surface area contributed by atoms with Gasteiger partial charge in [0.15, 0.2) is 0 Å². The standard InChI is InChI=1S/C16H21NO4/c1-11-10-21-12(9-18)8-17(11)16(19)14-6-7-20-15-5-3-2-4-13(14)15/h2-5,11-12,14,18H,6-10H2,1H3. The van der Waals surface area contributed by atoms with E-state index < -0.39 is 0 Å². The molecule has 0 bridgehead atoms. The molecule has 3 rings (SSSR count). The van der Waals surface area contributed by atoms with Crippen LogP contribution in [0.25, 0.3) is 0 Å². The molecule has 0 aromatic heterocycles. The van der Waals surface area contributed by atoms with E-state index in [2.05, 4.69) is 0 Å². The van der Waals surface area contributed by atoms with Gasteiger partial charge in [-0.05, 0) is 19.4 Å². The molecule has 1 aromatic rings. The van der Waals surface area contributed by atoms with E-state index in [1.165, 1.54) is 0 Å². The van der Waals surface area contributed by atoms with Gasteiger partial charge in [0.25, 0.3) is 0 Å². The summed E-state index contributed by atoms with van der Waals surface area (Å²) in [6, 6.07) is 7.77. The number of aliphatic hydroxyl groups excluding tert-OH is 1. The predicted octanol–water partition coefficient (Wildman–Crippen LogP) is 1.16. The lowest BCUT2D eigenvalue weighted by Gasteiger charge is -2.40. The second kappa shape index (κ2) is 6.03. The van der Waals surface area contributed by atoms with Crippen LogP contribution in [0.4, 0.5) is 0 Å². The number of carbonyl (C=O) groups is 1. The first kappa shape index (κ1) is 14.4. The third-order valence-corrected chi connectivity index (χ3v) is 4.25. The van der Waals surface area contributed by atoms with Crippen LogP contribution in [0.1, 0.15) is 24.8 Å². The Bertz CT molecular complexity index is 519. The Morgan fingerprint density at radius 2 is 2.24 bits per heavy atom. The van der Waals surface area contributed by atoms with Gasteiger partial charge in [0, 0.05) is 12.1 Å². The molecule has 1 aromatic carbocycles. The molecule has 5 nitrogen and oxygen atoms in total. The SMILES string of the molecule is CC1COC(CO)CN1C(=O)C1CCOc2ccccc21. The number of rotatable bonds is 2. The monoisotopic (exact) mass is 291 g/mol. The highest BCUT2D eigenvalue weighted by Gasteiger charge is 2.36. The molecule has 2 heterocycles. The van der Waals surface area contributed by atoms with Crippen LogP contribution in [0.5, 0.6) is 5.75 Å². The molecule has 0 radical (unpaired) electrons. The summed E-state index contributed by atoms with van der Waals surface area (Å²) >= 11 is 0. The first-order chi connectivity index (χ1) is 10.2. The number of ether oxygens (including phenoxy) is 2. The maximum Gasteiger partial charge on any atom is 0.230 e. The Morgan fingerprint density at radius 1 is 1.43 bits per heavy atom. The van der Waals surface area contributed by atoms with E-state index in [9.17, 15) is 9.90 Å². The Balaban J connectivity index is 1.82. The van der Waals surface area contributed by atoms with Crippen LogP contribution < -0.4 is 4.74 Å². The molecule has 2 aliphatic heterocycles. The van der Waals surface area contributed by atoms with E-state index in [-0.39, 0.29) is 30.6 Å². The average molecular weight is 291 g/mol. The highest BCUT2D eigenvalue weighted by atomic mass is 16.5. The molecular weight excluding hydrogens is 270 g/mol. The number of benzene rings is 1. The fourth-order valence-corrected chi connectivity index (χ4v) is 3.03. The van der Waals surface area contributed by atoms with E-state index in [1.54, 1.807) is 0 Å². The molecule has 1 saturated heterocycles.